The summed E-state index contributed by atoms with van der Waals surface area (Å²) in [6.07, 6.45) is 2.20. The Morgan fingerprint density at radius 3 is 2.68 bits per heavy atom. The summed E-state index contributed by atoms with van der Waals surface area (Å²) in [5.74, 6) is 1.54. The molecule has 1 aliphatic carbocycles. The summed E-state index contributed by atoms with van der Waals surface area (Å²) in [5, 5.41) is 4.49. The van der Waals surface area contributed by atoms with Crippen LogP contribution in [0.25, 0.3) is 0 Å². The van der Waals surface area contributed by atoms with E-state index in [1.165, 1.54) is 0 Å². The number of halogens is 1. The second-order valence-electron chi connectivity index (χ2n) is 9.58. The molecule has 0 spiro atoms. The van der Waals surface area contributed by atoms with Crippen LogP contribution >= 0.6 is 23.4 Å². The fraction of sp³-hybridized carbons (Fsp3) is 0.458. The summed E-state index contributed by atoms with van der Waals surface area (Å²) in [6.45, 7) is 8.54. The molecule has 5 nitrogen and oxygen atoms in total. The maximum Gasteiger partial charge on any atom is 0.257 e. The lowest BCUT2D eigenvalue weighted by molar-refractivity contribution is -0.118. The van der Waals surface area contributed by atoms with Crippen molar-refractivity contribution in [1.29, 1.82) is 0 Å². The first kappa shape index (κ1) is 22.2. The van der Waals surface area contributed by atoms with Gasteiger partial charge in [0.25, 0.3) is 5.56 Å². The Labute approximate surface area is 192 Å². The zero-order chi connectivity index (χ0) is 22.3. The first-order valence-electron chi connectivity index (χ1n) is 10.7. The zero-order valence-corrected chi connectivity index (χ0v) is 19.9. The lowest BCUT2D eigenvalue weighted by Gasteiger charge is -2.38. The number of carbonyl (C=O) groups excluding carboxylic acids is 1. The average molecular weight is 458 g/mol. The van der Waals surface area contributed by atoms with Crippen molar-refractivity contribution >= 4 is 35.0 Å². The molecule has 2 N–H and O–H groups in total. The number of Topliss-reactive ketones (excluding diaryl/α,β-unsaturated/α-hetero) is 1. The van der Waals surface area contributed by atoms with Gasteiger partial charge in [0.1, 0.15) is 5.82 Å². The van der Waals surface area contributed by atoms with E-state index in [1.807, 2.05) is 18.2 Å². The number of nitrogens with zero attached hydrogens (tertiary/aromatic N) is 1. The maximum absolute atomic E-state index is 13.3. The number of aromatic nitrogens is 2. The molecule has 1 atom stereocenters. The average Bonchev–Trinajstić information content (AvgIpc) is 2.65. The smallest absolute Gasteiger partial charge is 0.257 e. The number of carbonyl (C=O) groups is 1. The number of allylic oxidation sites excluding steroid dienone is 2. The van der Waals surface area contributed by atoms with Gasteiger partial charge in [0.2, 0.25) is 0 Å². The highest BCUT2D eigenvalue weighted by Gasteiger charge is 2.42. The number of nitrogens with one attached hydrogen (secondary N) is 2. The largest absolute Gasteiger partial charge is 0.343 e. The Hall–Kier alpha value is -2.05. The highest BCUT2D eigenvalue weighted by atomic mass is 35.5. The number of rotatable bonds is 5. The molecule has 0 amide bonds. The number of aromatic amines is 1. The van der Waals surface area contributed by atoms with Gasteiger partial charge in [-0.05, 0) is 35.8 Å². The molecule has 1 aromatic heterocycles. The van der Waals surface area contributed by atoms with Gasteiger partial charge in [0.15, 0.2) is 10.9 Å². The number of ketones is 1. The Morgan fingerprint density at radius 2 is 1.97 bits per heavy atom. The monoisotopic (exact) mass is 457 g/mol. The molecule has 31 heavy (non-hydrogen) atoms. The molecule has 1 unspecified atom stereocenters. The van der Waals surface area contributed by atoms with Gasteiger partial charge in [-0.2, -0.15) is 0 Å². The Bertz CT molecular complexity index is 1120. The first-order valence-corrected chi connectivity index (χ1v) is 12.1. The lowest BCUT2D eigenvalue weighted by atomic mass is 9.69. The van der Waals surface area contributed by atoms with E-state index >= 15 is 0 Å². The molecule has 0 saturated carbocycles. The molecular weight excluding hydrogens is 430 g/mol. The van der Waals surface area contributed by atoms with Gasteiger partial charge in [-0.1, -0.05) is 69.3 Å². The Balaban J connectivity index is 1.85. The second-order valence-corrected chi connectivity index (χ2v) is 11.1. The van der Waals surface area contributed by atoms with Gasteiger partial charge in [0.05, 0.1) is 5.56 Å². The van der Waals surface area contributed by atoms with Crippen molar-refractivity contribution in [2.24, 2.45) is 11.3 Å². The van der Waals surface area contributed by atoms with Crippen LogP contribution < -0.4 is 10.9 Å². The van der Waals surface area contributed by atoms with Crippen molar-refractivity contribution in [3.8, 4) is 0 Å². The van der Waals surface area contributed by atoms with Crippen LogP contribution in [0.4, 0.5) is 5.82 Å². The molecule has 1 aromatic carbocycles. The summed E-state index contributed by atoms with van der Waals surface area (Å²) in [6, 6.07) is 7.43. The molecule has 2 heterocycles. The molecule has 4 rings (SSSR count). The van der Waals surface area contributed by atoms with Gasteiger partial charge in [-0.3, -0.25) is 9.59 Å². The predicted molar refractivity (Wildman–Crippen MR) is 127 cm³/mol. The van der Waals surface area contributed by atoms with E-state index in [0.29, 0.717) is 39.5 Å². The van der Waals surface area contributed by atoms with Crippen LogP contribution in [0.2, 0.25) is 5.02 Å². The van der Waals surface area contributed by atoms with Crippen molar-refractivity contribution in [2.45, 2.75) is 58.0 Å². The predicted octanol–water partition coefficient (Wildman–Crippen LogP) is 5.76. The van der Waals surface area contributed by atoms with E-state index in [1.54, 1.807) is 17.8 Å². The second kappa shape index (κ2) is 8.47. The SMILES string of the molecule is CC(C)CCSc1nc2c(c(=O)[nH]1)C(c1ccccc1Cl)C1=C(CC(C)(C)CC1=O)N2. The van der Waals surface area contributed by atoms with Crippen LogP contribution in [0, 0.1) is 11.3 Å². The number of H-pyrrole nitrogens is 1. The van der Waals surface area contributed by atoms with Crippen LogP contribution in [-0.4, -0.2) is 21.5 Å². The minimum atomic E-state index is -0.519. The van der Waals surface area contributed by atoms with E-state index in [0.717, 1.165) is 29.9 Å². The van der Waals surface area contributed by atoms with Gasteiger partial charge in [-0.25, -0.2) is 4.98 Å². The highest BCUT2D eigenvalue weighted by molar-refractivity contribution is 7.99. The molecule has 0 radical (unpaired) electrons. The van der Waals surface area contributed by atoms with Crippen molar-refractivity contribution in [2.75, 3.05) is 11.1 Å². The van der Waals surface area contributed by atoms with Crippen molar-refractivity contribution in [1.82, 2.24) is 9.97 Å². The maximum atomic E-state index is 13.3. The van der Waals surface area contributed by atoms with Gasteiger partial charge in [0, 0.05) is 34.4 Å². The number of anilines is 1. The fourth-order valence-corrected chi connectivity index (χ4v) is 5.72. The molecule has 2 aliphatic rings. The van der Waals surface area contributed by atoms with Crippen LogP contribution in [0.5, 0.6) is 0 Å². The third kappa shape index (κ3) is 4.46. The van der Waals surface area contributed by atoms with Crippen LogP contribution in [0.1, 0.15) is 64.0 Å². The molecule has 0 bridgehead atoms. The quantitative estimate of drug-likeness (QED) is 0.440. The summed E-state index contributed by atoms with van der Waals surface area (Å²) < 4.78 is 0. The van der Waals surface area contributed by atoms with E-state index in [2.05, 4.69) is 38.0 Å². The third-order valence-electron chi connectivity index (χ3n) is 5.85. The van der Waals surface area contributed by atoms with Crippen LogP contribution in [0.3, 0.4) is 0 Å². The van der Waals surface area contributed by atoms with Crippen LogP contribution in [-0.2, 0) is 4.79 Å². The van der Waals surface area contributed by atoms with Crippen molar-refractivity contribution in [3.63, 3.8) is 0 Å². The minimum absolute atomic E-state index is 0.0594. The third-order valence-corrected chi connectivity index (χ3v) is 7.10. The fourth-order valence-electron chi connectivity index (χ4n) is 4.37. The number of thioether (sulfide) groups is 1. The van der Waals surface area contributed by atoms with Gasteiger partial charge in [-0.15, -0.1) is 0 Å². The van der Waals surface area contributed by atoms with Crippen molar-refractivity contribution in [3.05, 3.63) is 62.0 Å². The molecule has 164 valence electrons. The number of benzene rings is 1. The van der Waals surface area contributed by atoms with Gasteiger partial charge >= 0.3 is 0 Å². The summed E-state index contributed by atoms with van der Waals surface area (Å²) in [7, 11) is 0. The Kier molecular flexibility index (Phi) is 6.05. The lowest BCUT2D eigenvalue weighted by Crippen LogP contribution is -2.37. The number of fused-ring (bicyclic) bond motifs is 1. The zero-order valence-electron chi connectivity index (χ0n) is 18.3. The van der Waals surface area contributed by atoms with E-state index in [-0.39, 0.29) is 16.8 Å². The molecule has 1 aliphatic heterocycles. The molecule has 0 fully saturated rings. The summed E-state index contributed by atoms with van der Waals surface area (Å²) in [5.41, 5.74) is 2.36. The topological polar surface area (TPSA) is 74.8 Å². The number of hydrogen-bond donors (Lipinski definition) is 2. The number of hydrogen-bond acceptors (Lipinski definition) is 5. The van der Waals surface area contributed by atoms with Gasteiger partial charge < -0.3 is 10.3 Å². The summed E-state index contributed by atoms with van der Waals surface area (Å²) in [4.78, 5) is 34.2. The molecule has 7 heteroatoms. The van der Waals surface area contributed by atoms with E-state index < -0.39 is 5.92 Å². The standard InChI is InChI=1S/C24H28ClN3O2S/c1-13(2)9-10-31-23-27-21-20(22(30)28-23)18(14-7-5-6-8-15(14)25)19-16(26-21)11-24(3,4)12-17(19)29/h5-8,13,18H,9-12H2,1-4H3,(H2,26,27,28,30). The Morgan fingerprint density at radius 1 is 1.23 bits per heavy atom. The summed E-state index contributed by atoms with van der Waals surface area (Å²) >= 11 is 8.10. The van der Waals surface area contributed by atoms with Crippen LogP contribution in [0.15, 0.2) is 45.5 Å². The molecular formula is C24H28ClN3O2S. The molecule has 0 saturated heterocycles. The van der Waals surface area contributed by atoms with Crippen molar-refractivity contribution < 1.29 is 4.79 Å². The van der Waals surface area contributed by atoms with E-state index in [4.69, 9.17) is 16.6 Å². The highest BCUT2D eigenvalue weighted by Crippen LogP contribution is 2.48. The first-order chi connectivity index (χ1) is 14.7. The normalized spacial score (nSPS) is 19.8. The minimum Gasteiger partial charge on any atom is -0.343 e. The van der Waals surface area contributed by atoms with E-state index in [9.17, 15) is 9.59 Å². The molecule has 2 aromatic rings.